The molecule has 0 aliphatic rings. The molecule has 0 aromatic heterocycles. The third kappa shape index (κ3) is 2.84. The van der Waals surface area contributed by atoms with Gasteiger partial charge in [-0.1, -0.05) is 24.3 Å². The first-order chi connectivity index (χ1) is 8.29. The fourth-order valence-corrected chi connectivity index (χ4v) is 1.50. The molecule has 0 bridgehead atoms. The molecule has 0 radical (unpaired) electrons. The van der Waals surface area contributed by atoms with E-state index >= 15 is 0 Å². The number of carbonyl (C=O) groups is 1. The van der Waals surface area contributed by atoms with Gasteiger partial charge in [-0.15, -0.1) is 0 Å². The van der Waals surface area contributed by atoms with Crippen LogP contribution in [0.15, 0.2) is 48.5 Å². The van der Waals surface area contributed by atoms with Gasteiger partial charge in [0.25, 0.3) is 0 Å². The Hall–Kier alpha value is -2.29. The highest BCUT2D eigenvalue weighted by Crippen LogP contribution is 2.15. The molecule has 2 aromatic carbocycles. The molecule has 0 saturated carbocycles. The largest absolute Gasteiger partial charge is 0.489 e. The van der Waals surface area contributed by atoms with Crippen molar-refractivity contribution < 1.29 is 9.53 Å². The van der Waals surface area contributed by atoms with Gasteiger partial charge in [-0.3, -0.25) is 4.79 Å². The summed E-state index contributed by atoms with van der Waals surface area (Å²) in [5.74, 6) is 0.811. The highest BCUT2D eigenvalue weighted by atomic mass is 16.5. The lowest BCUT2D eigenvalue weighted by molar-refractivity contribution is 0.112. The Morgan fingerprint density at radius 3 is 2.53 bits per heavy atom. The molecule has 0 unspecified atom stereocenters. The highest BCUT2D eigenvalue weighted by Gasteiger charge is 2.00. The van der Waals surface area contributed by atoms with E-state index in [1.54, 1.807) is 12.1 Å². The lowest BCUT2D eigenvalue weighted by Gasteiger charge is -2.07. The zero-order valence-corrected chi connectivity index (χ0v) is 9.30. The van der Waals surface area contributed by atoms with E-state index in [-0.39, 0.29) is 0 Å². The molecule has 0 heterocycles. The van der Waals surface area contributed by atoms with Crippen LogP contribution in [-0.2, 0) is 6.61 Å². The van der Waals surface area contributed by atoms with Crippen LogP contribution in [0, 0.1) is 0 Å². The summed E-state index contributed by atoms with van der Waals surface area (Å²) in [5, 5.41) is 0. The van der Waals surface area contributed by atoms with E-state index < -0.39 is 0 Å². The maximum Gasteiger partial charge on any atom is 0.152 e. The minimum atomic E-state index is 0.438. The Bertz CT molecular complexity index is 509. The number of anilines is 1. The second kappa shape index (κ2) is 5.16. The van der Waals surface area contributed by atoms with Gasteiger partial charge in [0.1, 0.15) is 12.4 Å². The number of hydrogen-bond acceptors (Lipinski definition) is 3. The van der Waals surface area contributed by atoms with E-state index in [4.69, 9.17) is 10.5 Å². The van der Waals surface area contributed by atoms with Crippen LogP contribution in [0.5, 0.6) is 5.75 Å². The zero-order chi connectivity index (χ0) is 12.1. The molecule has 2 aromatic rings. The summed E-state index contributed by atoms with van der Waals surface area (Å²) in [6.45, 7) is 0.438. The molecular formula is C14H13NO2. The maximum absolute atomic E-state index is 10.6. The Balaban J connectivity index is 2.05. The number of nitrogen functional groups attached to an aromatic ring is 1. The van der Waals surface area contributed by atoms with Crippen molar-refractivity contribution in [3.63, 3.8) is 0 Å². The van der Waals surface area contributed by atoms with E-state index in [0.29, 0.717) is 17.9 Å². The predicted molar refractivity (Wildman–Crippen MR) is 67.0 cm³/mol. The molecule has 0 fully saturated rings. The summed E-state index contributed by atoms with van der Waals surface area (Å²) >= 11 is 0. The minimum absolute atomic E-state index is 0.438. The van der Waals surface area contributed by atoms with Crippen molar-refractivity contribution in [2.45, 2.75) is 6.61 Å². The van der Waals surface area contributed by atoms with E-state index in [9.17, 15) is 4.79 Å². The number of benzene rings is 2. The predicted octanol–water partition coefficient (Wildman–Crippen LogP) is 2.66. The first kappa shape index (κ1) is 11.2. The van der Waals surface area contributed by atoms with E-state index in [1.807, 2.05) is 36.4 Å². The third-order valence-corrected chi connectivity index (χ3v) is 2.43. The molecule has 2 rings (SSSR count). The SMILES string of the molecule is Nc1cc(COc2ccccc2)ccc1C=O. The van der Waals surface area contributed by atoms with Crippen molar-refractivity contribution in [2.75, 3.05) is 5.73 Å². The number of nitrogens with two attached hydrogens (primary N) is 1. The van der Waals surface area contributed by atoms with Crippen molar-refractivity contribution in [3.8, 4) is 5.75 Å². The Labute approximate surface area is 99.8 Å². The molecule has 0 saturated heterocycles. The average Bonchev–Trinajstić information content (AvgIpc) is 2.38. The van der Waals surface area contributed by atoms with Crippen molar-refractivity contribution in [2.24, 2.45) is 0 Å². The van der Waals surface area contributed by atoms with Gasteiger partial charge in [0.2, 0.25) is 0 Å². The molecule has 0 atom stereocenters. The van der Waals surface area contributed by atoms with E-state index in [1.165, 1.54) is 0 Å². The molecule has 0 aliphatic heterocycles. The summed E-state index contributed by atoms with van der Waals surface area (Å²) in [4.78, 5) is 10.6. The zero-order valence-electron chi connectivity index (χ0n) is 9.30. The van der Waals surface area contributed by atoms with Gasteiger partial charge in [-0.05, 0) is 29.8 Å². The summed E-state index contributed by atoms with van der Waals surface area (Å²) < 4.78 is 5.58. The molecule has 0 aliphatic carbocycles. The average molecular weight is 227 g/mol. The quantitative estimate of drug-likeness (QED) is 0.645. The van der Waals surface area contributed by atoms with Crippen LogP contribution in [0.4, 0.5) is 5.69 Å². The van der Waals surface area contributed by atoms with E-state index in [2.05, 4.69) is 0 Å². The van der Waals surface area contributed by atoms with Crippen molar-refractivity contribution >= 4 is 12.0 Å². The van der Waals surface area contributed by atoms with Crippen LogP contribution in [0.3, 0.4) is 0 Å². The molecular weight excluding hydrogens is 214 g/mol. The number of rotatable bonds is 4. The monoisotopic (exact) mass is 227 g/mol. The van der Waals surface area contributed by atoms with Crippen molar-refractivity contribution in [3.05, 3.63) is 59.7 Å². The van der Waals surface area contributed by atoms with Gasteiger partial charge < -0.3 is 10.5 Å². The second-order valence-electron chi connectivity index (χ2n) is 3.68. The highest BCUT2D eigenvalue weighted by molar-refractivity contribution is 5.83. The fraction of sp³-hybridized carbons (Fsp3) is 0.0714. The van der Waals surface area contributed by atoms with Crippen LogP contribution < -0.4 is 10.5 Å². The van der Waals surface area contributed by atoms with Gasteiger partial charge in [0.15, 0.2) is 6.29 Å². The van der Waals surface area contributed by atoms with Crippen molar-refractivity contribution in [1.82, 2.24) is 0 Å². The van der Waals surface area contributed by atoms with Crippen LogP contribution >= 0.6 is 0 Å². The summed E-state index contributed by atoms with van der Waals surface area (Å²) in [5.41, 5.74) is 7.64. The number of hydrogen-bond donors (Lipinski definition) is 1. The molecule has 17 heavy (non-hydrogen) atoms. The number of para-hydroxylation sites is 1. The smallest absolute Gasteiger partial charge is 0.152 e. The van der Waals surface area contributed by atoms with Crippen molar-refractivity contribution in [1.29, 1.82) is 0 Å². The standard InChI is InChI=1S/C14H13NO2/c15-14-8-11(6-7-12(14)9-16)10-17-13-4-2-1-3-5-13/h1-9H,10,15H2. The van der Waals surface area contributed by atoms with Gasteiger partial charge in [-0.2, -0.15) is 0 Å². The normalized spacial score (nSPS) is 9.88. The Morgan fingerprint density at radius 2 is 1.88 bits per heavy atom. The molecule has 0 spiro atoms. The number of aldehydes is 1. The van der Waals surface area contributed by atoms with Gasteiger partial charge in [-0.25, -0.2) is 0 Å². The molecule has 0 amide bonds. The minimum Gasteiger partial charge on any atom is -0.489 e. The number of ether oxygens (including phenoxy) is 1. The molecule has 3 nitrogen and oxygen atoms in total. The van der Waals surface area contributed by atoms with Crippen LogP contribution in [0.25, 0.3) is 0 Å². The molecule has 86 valence electrons. The maximum atomic E-state index is 10.6. The first-order valence-electron chi connectivity index (χ1n) is 5.31. The summed E-state index contributed by atoms with van der Waals surface area (Å²) in [6, 6.07) is 14.8. The Kier molecular flexibility index (Phi) is 3.40. The second-order valence-corrected chi connectivity index (χ2v) is 3.68. The fourth-order valence-electron chi connectivity index (χ4n) is 1.50. The van der Waals surface area contributed by atoms with Crippen LogP contribution in [0.2, 0.25) is 0 Å². The topological polar surface area (TPSA) is 52.3 Å². The van der Waals surface area contributed by atoms with E-state index in [0.717, 1.165) is 17.6 Å². The summed E-state index contributed by atoms with van der Waals surface area (Å²) in [7, 11) is 0. The van der Waals surface area contributed by atoms with Crippen LogP contribution in [0.1, 0.15) is 15.9 Å². The Morgan fingerprint density at radius 1 is 1.12 bits per heavy atom. The lowest BCUT2D eigenvalue weighted by Crippen LogP contribution is -1.99. The molecule has 3 heteroatoms. The first-order valence-corrected chi connectivity index (χ1v) is 5.31. The van der Waals surface area contributed by atoms with Gasteiger partial charge >= 0.3 is 0 Å². The van der Waals surface area contributed by atoms with Gasteiger partial charge in [0.05, 0.1) is 0 Å². The molecule has 2 N–H and O–H groups in total. The lowest BCUT2D eigenvalue weighted by atomic mass is 10.1. The van der Waals surface area contributed by atoms with Crippen LogP contribution in [-0.4, -0.2) is 6.29 Å². The number of carbonyl (C=O) groups excluding carboxylic acids is 1. The summed E-state index contributed by atoms with van der Waals surface area (Å²) in [6.07, 6.45) is 0.747. The third-order valence-electron chi connectivity index (χ3n) is 2.43. The van der Waals surface area contributed by atoms with Gasteiger partial charge in [0, 0.05) is 11.3 Å².